The van der Waals surface area contributed by atoms with Crippen molar-refractivity contribution in [1.29, 1.82) is 0 Å². The molecule has 9 nitrogen and oxygen atoms in total. The Morgan fingerprint density at radius 3 is 2.51 bits per heavy atom. The molecule has 1 heterocycles. The highest BCUT2D eigenvalue weighted by Gasteiger charge is 2.79. The van der Waals surface area contributed by atoms with Crippen molar-refractivity contribution in [2.24, 2.45) is 22.7 Å². The first kappa shape index (κ1) is 28.2. The van der Waals surface area contributed by atoms with Gasteiger partial charge in [0.05, 0.1) is 22.5 Å². The molecular formula is C30H40O9. The summed E-state index contributed by atoms with van der Waals surface area (Å²) in [6, 6.07) is 0. The Kier molecular flexibility index (Phi) is 6.39. The molecule has 0 aromatic carbocycles. The first-order chi connectivity index (χ1) is 18.1. The number of carbonyl (C=O) groups is 3. The van der Waals surface area contributed by atoms with Crippen LogP contribution in [0.1, 0.15) is 73.1 Å². The molecule has 0 saturated heterocycles. The standard InChI is InChI=1S/C30H40O9/c1-16-13-24(39-25(34)17(16)2)27(5,35)30(37)12-11-29(36)21-14-22(32)20-7-6-8-23(33)26(20,4)19(21)9-10-28(29,30)15-38-18(3)31/h6-8,19,21-22,24,32,35-37H,9-15H2,1-5H3/t19-,21+,22+,24?,26+,27-,28+,29+,30+/m0/s1. The molecule has 39 heavy (non-hydrogen) atoms. The fourth-order valence-electron chi connectivity index (χ4n) is 8.83. The van der Waals surface area contributed by atoms with Gasteiger partial charge in [0.1, 0.15) is 23.9 Å². The molecule has 5 rings (SSSR count). The van der Waals surface area contributed by atoms with Crippen LogP contribution in [-0.2, 0) is 23.9 Å². The zero-order valence-corrected chi connectivity index (χ0v) is 23.3. The van der Waals surface area contributed by atoms with Crippen molar-refractivity contribution in [2.75, 3.05) is 6.61 Å². The highest BCUT2D eigenvalue weighted by Crippen LogP contribution is 2.71. The fraction of sp³-hybridized carbons (Fsp3) is 0.700. The summed E-state index contributed by atoms with van der Waals surface area (Å²) in [5.41, 5.74) is -6.50. The van der Waals surface area contributed by atoms with Crippen LogP contribution in [0.2, 0.25) is 0 Å². The maximum absolute atomic E-state index is 13.3. The average molecular weight is 545 g/mol. The quantitative estimate of drug-likeness (QED) is 0.390. The maximum Gasteiger partial charge on any atom is 0.334 e. The van der Waals surface area contributed by atoms with Crippen molar-refractivity contribution in [1.82, 2.24) is 0 Å². The van der Waals surface area contributed by atoms with Gasteiger partial charge in [-0.25, -0.2) is 4.79 Å². The molecule has 214 valence electrons. The first-order valence-corrected chi connectivity index (χ1v) is 13.9. The van der Waals surface area contributed by atoms with Gasteiger partial charge in [-0.05, 0) is 83.3 Å². The van der Waals surface area contributed by atoms with Gasteiger partial charge >= 0.3 is 11.9 Å². The molecule has 0 aromatic heterocycles. The van der Waals surface area contributed by atoms with Crippen LogP contribution >= 0.6 is 0 Å². The summed E-state index contributed by atoms with van der Waals surface area (Å²) < 4.78 is 11.1. The summed E-state index contributed by atoms with van der Waals surface area (Å²) in [7, 11) is 0. The van der Waals surface area contributed by atoms with Crippen LogP contribution in [0.3, 0.4) is 0 Å². The van der Waals surface area contributed by atoms with E-state index in [-0.39, 0.29) is 50.4 Å². The Morgan fingerprint density at radius 1 is 1.18 bits per heavy atom. The Hall–Kier alpha value is -2.33. The number of fused-ring (bicyclic) bond motifs is 5. The van der Waals surface area contributed by atoms with E-state index in [0.29, 0.717) is 17.6 Å². The van der Waals surface area contributed by atoms with Crippen LogP contribution in [0.5, 0.6) is 0 Å². The average Bonchev–Trinajstić information content (AvgIpc) is 3.11. The number of aliphatic hydroxyl groups excluding tert-OH is 1. The molecule has 0 amide bonds. The number of carbonyl (C=O) groups excluding carboxylic acids is 3. The Bertz CT molecular complexity index is 1210. The van der Waals surface area contributed by atoms with Gasteiger partial charge in [-0.1, -0.05) is 17.7 Å². The zero-order valence-electron chi connectivity index (χ0n) is 23.3. The van der Waals surface area contributed by atoms with Gasteiger partial charge in [-0.15, -0.1) is 0 Å². The minimum absolute atomic E-state index is 0.0441. The summed E-state index contributed by atoms with van der Waals surface area (Å²) in [4.78, 5) is 37.9. The monoisotopic (exact) mass is 544 g/mol. The molecule has 5 aliphatic rings. The van der Waals surface area contributed by atoms with E-state index in [0.717, 1.165) is 5.57 Å². The van der Waals surface area contributed by atoms with Crippen molar-refractivity contribution in [3.63, 3.8) is 0 Å². The van der Waals surface area contributed by atoms with Crippen molar-refractivity contribution in [2.45, 2.75) is 102 Å². The Morgan fingerprint density at radius 2 is 1.87 bits per heavy atom. The van der Waals surface area contributed by atoms with Gasteiger partial charge in [0, 0.05) is 18.9 Å². The maximum atomic E-state index is 13.3. The number of cyclic esters (lactones) is 1. The summed E-state index contributed by atoms with van der Waals surface area (Å²) in [6.07, 6.45) is 3.71. The molecule has 3 saturated carbocycles. The molecule has 1 aliphatic heterocycles. The minimum Gasteiger partial charge on any atom is -0.465 e. The predicted octanol–water partition coefficient (Wildman–Crippen LogP) is 2.06. The first-order valence-electron chi connectivity index (χ1n) is 13.9. The molecule has 4 aliphatic carbocycles. The lowest BCUT2D eigenvalue weighted by atomic mass is 9.43. The molecule has 0 aromatic rings. The van der Waals surface area contributed by atoms with Gasteiger partial charge in [-0.2, -0.15) is 0 Å². The summed E-state index contributed by atoms with van der Waals surface area (Å²) >= 11 is 0. The zero-order chi connectivity index (χ0) is 28.8. The smallest absolute Gasteiger partial charge is 0.334 e. The van der Waals surface area contributed by atoms with Crippen molar-refractivity contribution in [3.8, 4) is 0 Å². The van der Waals surface area contributed by atoms with E-state index in [9.17, 15) is 34.8 Å². The van der Waals surface area contributed by atoms with Gasteiger partial charge in [0.2, 0.25) is 0 Å². The second-order valence-electron chi connectivity index (χ2n) is 12.8. The molecule has 0 bridgehead atoms. The number of esters is 2. The number of rotatable bonds is 4. The van der Waals surface area contributed by atoms with Gasteiger partial charge in [-0.3, -0.25) is 9.59 Å². The number of hydrogen-bond acceptors (Lipinski definition) is 9. The lowest BCUT2D eigenvalue weighted by Gasteiger charge is -2.64. The number of ketones is 1. The normalized spacial score (nSPS) is 45.0. The predicted molar refractivity (Wildman–Crippen MR) is 139 cm³/mol. The third-order valence-electron chi connectivity index (χ3n) is 11.4. The van der Waals surface area contributed by atoms with E-state index in [1.165, 1.54) is 19.9 Å². The van der Waals surface area contributed by atoms with Crippen LogP contribution in [0.15, 0.2) is 34.9 Å². The lowest BCUT2D eigenvalue weighted by Crippen LogP contribution is -2.75. The largest absolute Gasteiger partial charge is 0.465 e. The Balaban J connectivity index is 1.62. The highest BCUT2D eigenvalue weighted by molar-refractivity contribution is 5.99. The third-order valence-corrected chi connectivity index (χ3v) is 11.4. The molecular weight excluding hydrogens is 504 g/mol. The van der Waals surface area contributed by atoms with Crippen molar-refractivity contribution in [3.05, 3.63) is 34.9 Å². The van der Waals surface area contributed by atoms with Gasteiger partial charge in [0.15, 0.2) is 5.78 Å². The number of aliphatic hydroxyl groups is 4. The number of allylic oxidation sites excluding steroid dienone is 3. The molecule has 0 spiro atoms. The highest BCUT2D eigenvalue weighted by atomic mass is 16.6. The fourth-order valence-corrected chi connectivity index (χ4v) is 8.83. The molecule has 9 atom stereocenters. The van der Waals surface area contributed by atoms with Gasteiger partial charge < -0.3 is 29.9 Å². The lowest BCUT2D eigenvalue weighted by molar-refractivity contribution is -0.297. The topological polar surface area (TPSA) is 151 Å². The van der Waals surface area contributed by atoms with Crippen LogP contribution in [0.4, 0.5) is 0 Å². The number of hydrogen-bond donors (Lipinski definition) is 4. The van der Waals surface area contributed by atoms with Crippen LogP contribution in [0, 0.1) is 22.7 Å². The molecule has 1 unspecified atom stereocenters. The van der Waals surface area contributed by atoms with E-state index in [2.05, 4.69) is 0 Å². The molecule has 4 N–H and O–H groups in total. The van der Waals surface area contributed by atoms with Crippen LogP contribution in [-0.4, -0.2) is 73.8 Å². The van der Waals surface area contributed by atoms with E-state index < -0.39 is 57.7 Å². The third kappa shape index (κ3) is 3.49. The second-order valence-corrected chi connectivity index (χ2v) is 12.8. The van der Waals surface area contributed by atoms with E-state index >= 15 is 0 Å². The van der Waals surface area contributed by atoms with Gasteiger partial charge in [0.25, 0.3) is 0 Å². The Labute approximate surface area is 228 Å². The summed E-state index contributed by atoms with van der Waals surface area (Å²) in [5.74, 6) is -2.29. The summed E-state index contributed by atoms with van der Waals surface area (Å²) in [5, 5.41) is 48.6. The SMILES string of the molecule is CC(=O)OC[C@]12CC[C@H]3[C@@H](C[C@@H](O)C4=CC=CC(=O)[C@@]43C)[C@]1(O)CC[C@@]2(O)[C@@](C)(O)C1CC(C)=C(C)C(=O)O1. The molecule has 3 fully saturated rings. The van der Waals surface area contributed by atoms with E-state index in [1.54, 1.807) is 26.0 Å². The van der Waals surface area contributed by atoms with Crippen LogP contribution < -0.4 is 0 Å². The van der Waals surface area contributed by atoms with Crippen LogP contribution in [0.25, 0.3) is 0 Å². The molecule has 9 heteroatoms. The van der Waals surface area contributed by atoms with E-state index in [4.69, 9.17) is 9.47 Å². The summed E-state index contributed by atoms with van der Waals surface area (Å²) in [6.45, 7) is 7.52. The second kappa shape index (κ2) is 8.83. The van der Waals surface area contributed by atoms with Crippen molar-refractivity contribution < 1.29 is 44.3 Å². The van der Waals surface area contributed by atoms with E-state index in [1.807, 2.05) is 6.92 Å². The number of ether oxygens (including phenoxy) is 2. The minimum atomic E-state index is -2.02. The molecule has 0 radical (unpaired) electrons. The van der Waals surface area contributed by atoms with Crippen molar-refractivity contribution >= 4 is 17.7 Å².